The van der Waals surface area contributed by atoms with Crippen LogP contribution in [0.2, 0.25) is 0 Å². The van der Waals surface area contributed by atoms with Gasteiger partial charge < -0.3 is 4.90 Å². The minimum Gasteiger partial charge on any atom is -0.371 e. The monoisotopic (exact) mass is 417 g/mol. The van der Waals surface area contributed by atoms with E-state index in [2.05, 4.69) is 10.2 Å². The average Bonchev–Trinajstić information content (AvgIpc) is 2.60. The predicted octanol–water partition coefficient (Wildman–Crippen LogP) is 3.89. The molecule has 11 heteroatoms. The SMILES string of the molecule is CCN(CCS(=O)(=O)F)c1ccc(/N=N/c2ccc(S(=O)(=O)F)cc2)cc1. The number of hydrogen-bond donors (Lipinski definition) is 0. The molecular weight excluding hydrogens is 400 g/mol. The van der Waals surface area contributed by atoms with E-state index in [0.29, 0.717) is 23.6 Å². The number of azo groups is 1. The summed E-state index contributed by atoms with van der Waals surface area (Å²) in [6.07, 6.45) is 0. The molecule has 7 nitrogen and oxygen atoms in total. The van der Waals surface area contributed by atoms with Gasteiger partial charge in [0, 0.05) is 18.8 Å². The topological polar surface area (TPSA) is 96.2 Å². The van der Waals surface area contributed by atoms with Crippen molar-refractivity contribution in [3.05, 3.63) is 48.5 Å². The van der Waals surface area contributed by atoms with Gasteiger partial charge in [0.05, 0.1) is 22.0 Å². The van der Waals surface area contributed by atoms with Crippen molar-refractivity contribution in [3.63, 3.8) is 0 Å². The van der Waals surface area contributed by atoms with Crippen LogP contribution in [-0.4, -0.2) is 35.7 Å². The van der Waals surface area contributed by atoms with E-state index in [1.54, 1.807) is 29.2 Å². The standard InChI is InChI=1S/C16H17F2N3O4S2/c1-2-21(11-12-26(17,22)23)15-7-3-13(4-8-15)19-20-14-5-9-16(10-6-14)27(18,24)25/h3-10H,2,11-12H2,1H3/b20-19+. The van der Waals surface area contributed by atoms with Crippen molar-refractivity contribution in [1.29, 1.82) is 0 Å². The van der Waals surface area contributed by atoms with E-state index in [1.165, 1.54) is 12.1 Å². The first-order valence-electron chi connectivity index (χ1n) is 7.82. The van der Waals surface area contributed by atoms with Gasteiger partial charge in [0.15, 0.2) is 0 Å². The first-order chi connectivity index (χ1) is 12.6. The van der Waals surface area contributed by atoms with Gasteiger partial charge in [-0.3, -0.25) is 0 Å². The first-order valence-corrected chi connectivity index (χ1v) is 10.8. The van der Waals surface area contributed by atoms with Crippen molar-refractivity contribution in [1.82, 2.24) is 0 Å². The Morgan fingerprint density at radius 1 is 0.852 bits per heavy atom. The van der Waals surface area contributed by atoms with E-state index in [4.69, 9.17) is 0 Å². The minimum atomic E-state index is -4.75. The van der Waals surface area contributed by atoms with E-state index in [1.807, 2.05) is 6.92 Å². The van der Waals surface area contributed by atoms with Crippen LogP contribution in [-0.2, 0) is 20.4 Å². The summed E-state index contributed by atoms with van der Waals surface area (Å²) in [5, 5.41) is 7.92. The van der Waals surface area contributed by atoms with Gasteiger partial charge in [-0.25, -0.2) is 0 Å². The van der Waals surface area contributed by atoms with Crippen LogP contribution >= 0.6 is 0 Å². The van der Waals surface area contributed by atoms with Gasteiger partial charge in [0.25, 0.3) is 0 Å². The van der Waals surface area contributed by atoms with Crippen molar-refractivity contribution in [3.8, 4) is 0 Å². The van der Waals surface area contributed by atoms with Gasteiger partial charge in [0.1, 0.15) is 0 Å². The Balaban J connectivity index is 2.07. The van der Waals surface area contributed by atoms with Crippen LogP contribution < -0.4 is 4.90 Å². The second kappa shape index (κ2) is 8.53. The number of nitrogens with zero attached hydrogens (tertiary/aromatic N) is 3. The molecule has 0 amide bonds. The Morgan fingerprint density at radius 3 is 1.74 bits per heavy atom. The van der Waals surface area contributed by atoms with E-state index in [9.17, 15) is 24.6 Å². The average molecular weight is 417 g/mol. The molecule has 2 aromatic rings. The molecule has 0 unspecified atom stereocenters. The van der Waals surface area contributed by atoms with Gasteiger partial charge in [0.2, 0.25) is 0 Å². The number of rotatable bonds is 8. The fraction of sp³-hybridized carbons (Fsp3) is 0.250. The molecule has 0 aliphatic rings. The molecule has 0 spiro atoms. The van der Waals surface area contributed by atoms with Crippen LogP contribution in [0.5, 0.6) is 0 Å². The molecule has 0 saturated heterocycles. The summed E-state index contributed by atoms with van der Waals surface area (Å²) in [5.41, 5.74) is 1.54. The molecule has 0 heterocycles. The number of halogens is 2. The Kier molecular flexibility index (Phi) is 6.60. The largest absolute Gasteiger partial charge is 0.371 e. The fourth-order valence-electron chi connectivity index (χ4n) is 2.21. The summed E-state index contributed by atoms with van der Waals surface area (Å²) in [7, 11) is -9.29. The third-order valence-electron chi connectivity index (χ3n) is 3.60. The van der Waals surface area contributed by atoms with Gasteiger partial charge in [-0.2, -0.15) is 27.1 Å². The molecule has 0 aliphatic heterocycles. The molecule has 2 aromatic carbocycles. The molecule has 2 rings (SSSR count). The van der Waals surface area contributed by atoms with Crippen molar-refractivity contribution < 1.29 is 24.6 Å². The maximum absolute atomic E-state index is 12.8. The summed E-state index contributed by atoms with van der Waals surface area (Å²) in [4.78, 5) is 1.24. The molecule has 0 atom stereocenters. The maximum Gasteiger partial charge on any atom is 0.332 e. The summed E-state index contributed by atoms with van der Waals surface area (Å²) in [6.45, 7) is 2.35. The Labute approximate surface area is 156 Å². The molecule has 0 saturated carbocycles. The van der Waals surface area contributed by atoms with Crippen molar-refractivity contribution in [2.45, 2.75) is 11.8 Å². The molecule has 0 aromatic heterocycles. The summed E-state index contributed by atoms with van der Waals surface area (Å²) >= 11 is 0. The highest BCUT2D eigenvalue weighted by molar-refractivity contribution is 7.86. The van der Waals surface area contributed by atoms with Crippen LogP contribution in [0, 0.1) is 0 Å². The zero-order chi connectivity index (χ0) is 20.1. The Morgan fingerprint density at radius 2 is 1.33 bits per heavy atom. The second-order valence-corrected chi connectivity index (χ2v) is 8.30. The molecule has 0 radical (unpaired) electrons. The third-order valence-corrected chi connectivity index (χ3v) is 5.11. The highest BCUT2D eigenvalue weighted by atomic mass is 32.3. The normalized spacial score (nSPS) is 12.4. The summed E-state index contributed by atoms with van der Waals surface area (Å²) < 4.78 is 68.3. The van der Waals surface area contributed by atoms with Gasteiger partial charge >= 0.3 is 20.4 Å². The van der Waals surface area contributed by atoms with Crippen LogP contribution in [0.15, 0.2) is 63.7 Å². The van der Waals surface area contributed by atoms with E-state index < -0.39 is 31.1 Å². The Bertz CT molecular complexity index is 1010. The molecule has 0 aliphatic carbocycles. The van der Waals surface area contributed by atoms with Gasteiger partial charge in [-0.15, -0.1) is 7.77 Å². The molecule has 0 bridgehead atoms. The lowest BCUT2D eigenvalue weighted by Gasteiger charge is -2.22. The maximum atomic E-state index is 12.8. The summed E-state index contributed by atoms with van der Waals surface area (Å²) in [5.74, 6) is -0.590. The van der Waals surface area contributed by atoms with Crippen LogP contribution in [0.4, 0.5) is 24.8 Å². The molecule has 0 fully saturated rings. The van der Waals surface area contributed by atoms with Crippen LogP contribution in [0.1, 0.15) is 6.92 Å². The molecule has 146 valence electrons. The lowest BCUT2D eigenvalue weighted by molar-refractivity contribution is 0.549. The smallest absolute Gasteiger partial charge is 0.332 e. The zero-order valence-electron chi connectivity index (χ0n) is 14.3. The number of hydrogen-bond acceptors (Lipinski definition) is 7. The summed E-state index contributed by atoms with van der Waals surface area (Å²) in [6, 6.07) is 11.5. The van der Waals surface area contributed by atoms with Crippen LogP contribution in [0.3, 0.4) is 0 Å². The second-order valence-electron chi connectivity index (χ2n) is 5.47. The zero-order valence-corrected chi connectivity index (χ0v) is 15.9. The number of anilines is 1. The lowest BCUT2D eigenvalue weighted by atomic mass is 10.2. The van der Waals surface area contributed by atoms with E-state index in [-0.39, 0.29) is 6.54 Å². The highest BCUT2D eigenvalue weighted by Gasteiger charge is 2.12. The lowest BCUT2D eigenvalue weighted by Crippen LogP contribution is -2.27. The third kappa shape index (κ3) is 6.68. The van der Waals surface area contributed by atoms with Gasteiger partial charge in [-0.1, -0.05) is 0 Å². The van der Waals surface area contributed by atoms with Crippen molar-refractivity contribution in [2.24, 2.45) is 10.2 Å². The quantitative estimate of drug-likeness (QED) is 0.480. The fourth-order valence-corrected chi connectivity index (χ4v) is 3.11. The van der Waals surface area contributed by atoms with Crippen molar-refractivity contribution in [2.75, 3.05) is 23.7 Å². The Hall–Kier alpha value is -2.40. The van der Waals surface area contributed by atoms with E-state index in [0.717, 1.165) is 12.1 Å². The van der Waals surface area contributed by atoms with Crippen LogP contribution in [0.25, 0.3) is 0 Å². The molecule has 0 N–H and O–H groups in total. The molecule has 27 heavy (non-hydrogen) atoms. The highest BCUT2D eigenvalue weighted by Crippen LogP contribution is 2.23. The molecular formula is C16H17F2N3O4S2. The van der Waals surface area contributed by atoms with Gasteiger partial charge in [-0.05, 0) is 55.5 Å². The number of benzene rings is 2. The predicted molar refractivity (Wildman–Crippen MR) is 98.1 cm³/mol. The van der Waals surface area contributed by atoms with Crippen molar-refractivity contribution >= 4 is 37.5 Å². The minimum absolute atomic E-state index is 0.0278. The first kappa shape index (κ1) is 20.9. The van der Waals surface area contributed by atoms with E-state index >= 15 is 0 Å².